The summed E-state index contributed by atoms with van der Waals surface area (Å²) in [6.07, 6.45) is 0. The highest BCUT2D eigenvalue weighted by Crippen LogP contribution is 2.27. The van der Waals surface area contributed by atoms with E-state index in [0.29, 0.717) is 22.2 Å². The molecule has 0 aromatic heterocycles. The van der Waals surface area contributed by atoms with Gasteiger partial charge in [-0.2, -0.15) is 0 Å². The minimum atomic E-state index is -0.378. The van der Waals surface area contributed by atoms with E-state index in [0.717, 1.165) is 5.56 Å². The SMILES string of the molecule is CC(NCc1ccccc1[N+](=O)[O-])c1ccc(Cl)cc1Cl. The Morgan fingerprint density at radius 1 is 1.24 bits per heavy atom. The Bertz CT molecular complexity index is 662. The molecule has 0 aliphatic heterocycles. The molecule has 1 atom stereocenters. The number of benzene rings is 2. The second kappa shape index (κ2) is 6.89. The lowest BCUT2D eigenvalue weighted by Crippen LogP contribution is -2.19. The van der Waals surface area contributed by atoms with Crippen molar-refractivity contribution in [2.24, 2.45) is 0 Å². The Labute approximate surface area is 132 Å². The quantitative estimate of drug-likeness (QED) is 0.637. The standard InChI is InChI=1S/C15H14Cl2N2O2/c1-10(13-7-6-12(16)8-14(13)17)18-9-11-4-2-3-5-15(11)19(20)21/h2-8,10,18H,9H2,1H3. The highest BCUT2D eigenvalue weighted by Gasteiger charge is 2.14. The topological polar surface area (TPSA) is 55.2 Å². The van der Waals surface area contributed by atoms with Crippen molar-refractivity contribution in [3.05, 3.63) is 73.8 Å². The van der Waals surface area contributed by atoms with Gasteiger partial charge in [0.25, 0.3) is 5.69 Å². The molecule has 1 unspecified atom stereocenters. The molecule has 0 spiro atoms. The van der Waals surface area contributed by atoms with Crippen LogP contribution in [0.25, 0.3) is 0 Å². The summed E-state index contributed by atoms with van der Waals surface area (Å²) in [5, 5.41) is 15.4. The maximum Gasteiger partial charge on any atom is 0.273 e. The van der Waals surface area contributed by atoms with Crippen LogP contribution in [0.5, 0.6) is 0 Å². The molecule has 0 amide bonds. The molecule has 0 aliphatic carbocycles. The van der Waals surface area contributed by atoms with Crippen LogP contribution in [0.4, 0.5) is 5.69 Å². The number of halogens is 2. The van der Waals surface area contributed by atoms with Crippen molar-refractivity contribution in [1.82, 2.24) is 5.32 Å². The molecule has 0 heterocycles. The first-order valence-electron chi connectivity index (χ1n) is 6.39. The molecule has 0 aliphatic rings. The Kier molecular flexibility index (Phi) is 5.17. The van der Waals surface area contributed by atoms with Gasteiger partial charge in [-0.25, -0.2) is 0 Å². The van der Waals surface area contributed by atoms with Crippen molar-refractivity contribution in [3.63, 3.8) is 0 Å². The molecule has 2 rings (SSSR count). The summed E-state index contributed by atoms with van der Waals surface area (Å²) in [7, 11) is 0. The zero-order valence-electron chi connectivity index (χ0n) is 11.3. The molecule has 4 nitrogen and oxygen atoms in total. The lowest BCUT2D eigenvalue weighted by atomic mass is 10.1. The third-order valence-electron chi connectivity index (χ3n) is 3.22. The largest absolute Gasteiger partial charge is 0.306 e. The number of hydrogen-bond donors (Lipinski definition) is 1. The van der Waals surface area contributed by atoms with Crippen LogP contribution in [0.2, 0.25) is 10.0 Å². The molecule has 0 radical (unpaired) electrons. The molecule has 1 N–H and O–H groups in total. The zero-order valence-corrected chi connectivity index (χ0v) is 12.9. The lowest BCUT2D eigenvalue weighted by Gasteiger charge is -2.16. The van der Waals surface area contributed by atoms with Gasteiger partial charge >= 0.3 is 0 Å². The fraction of sp³-hybridized carbons (Fsp3) is 0.200. The first kappa shape index (κ1) is 15.8. The van der Waals surface area contributed by atoms with Crippen LogP contribution in [-0.2, 0) is 6.54 Å². The smallest absolute Gasteiger partial charge is 0.273 e. The number of rotatable bonds is 5. The van der Waals surface area contributed by atoms with Crippen molar-refractivity contribution in [3.8, 4) is 0 Å². The van der Waals surface area contributed by atoms with Gasteiger partial charge < -0.3 is 5.32 Å². The molecule has 21 heavy (non-hydrogen) atoms. The fourth-order valence-electron chi connectivity index (χ4n) is 2.06. The Hall–Kier alpha value is -1.62. The first-order valence-corrected chi connectivity index (χ1v) is 7.15. The lowest BCUT2D eigenvalue weighted by molar-refractivity contribution is -0.385. The van der Waals surface area contributed by atoms with Gasteiger partial charge in [0, 0.05) is 34.3 Å². The van der Waals surface area contributed by atoms with E-state index in [1.807, 2.05) is 13.0 Å². The van der Waals surface area contributed by atoms with Gasteiger partial charge in [-0.15, -0.1) is 0 Å². The van der Waals surface area contributed by atoms with E-state index < -0.39 is 0 Å². The van der Waals surface area contributed by atoms with E-state index in [-0.39, 0.29) is 16.7 Å². The summed E-state index contributed by atoms with van der Waals surface area (Å²) < 4.78 is 0. The van der Waals surface area contributed by atoms with E-state index >= 15 is 0 Å². The van der Waals surface area contributed by atoms with Crippen LogP contribution in [0.3, 0.4) is 0 Å². The fourth-order valence-corrected chi connectivity index (χ4v) is 2.64. The molecular formula is C15H14Cl2N2O2. The highest BCUT2D eigenvalue weighted by atomic mass is 35.5. The molecule has 0 saturated heterocycles. The number of hydrogen-bond acceptors (Lipinski definition) is 3. The van der Waals surface area contributed by atoms with Gasteiger partial charge in [0.1, 0.15) is 0 Å². The number of nitrogens with one attached hydrogen (secondary N) is 1. The van der Waals surface area contributed by atoms with Gasteiger partial charge in [-0.1, -0.05) is 47.5 Å². The number of nitro benzene ring substituents is 1. The van der Waals surface area contributed by atoms with Crippen molar-refractivity contribution in [1.29, 1.82) is 0 Å². The van der Waals surface area contributed by atoms with Gasteiger partial charge in [0.05, 0.1) is 4.92 Å². The van der Waals surface area contributed by atoms with Crippen LogP contribution in [0, 0.1) is 10.1 Å². The van der Waals surface area contributed by atoms with Gasteiger partial charge in [-0.05, 0) is 24.6 Å². The predicted octanol–water partition coefficient (Wildman–Crippen LogP) is 4.75. The minimum Gasteiger partial charge on any atom is -0.306 e. The summed E-state index contributed by atoms with van der Waals surface area (Å²) in [6.45, 7) is 2.33. The van der Waals surface area contributed by atoms with E-state index in [1.165, 1.54) is 6.07 Å². The zero-order chi connectivity index (χ0) is 15.4. The Morgan fingerprint density at radius 3 is 2.62 bits per heavy atom. The van der Waals surface area contributed by atoms with E-state index in [4.69, 9.17) is 23.2 Å². The van der Waals surface area contributed by atoms with Crippen LogP contribution in [0.15, 0.2) is 42.5 Å². The van der Waals surface area contributed by atoms with Gasteiger partial charge in [-0.3, -0.25) is 10.1 Å². The average molecular weight is 325 g/mol. The molecule has 0 saturated carbocycles. The van der Waals surface area contributed by atoms with Crippen molar-refractivity contribution < 1.29 is 4.92 Å². The van der Waals surface area contributed by atoms with E-state index in [9.17, 15) is 10.1 Å². The third kappa shape index (κ3) is 3.94. The molecule has 110 valence electrons. The van der Waals surface area contributed by atoms with Gasteiger partial charge in [0.2, 0.25) is 0 Å². The minimum absolute atomic E-state index is 0.0467. The predicted molar refractivity (Wildman–Crippen MR) is 84.8 cm³/mol. The van der Waals surface area contributed by atoms with Crippen molar-refractivity contribution in [2.45, 2.75) is 19.5 Å². The number of nitrogens with zero attached hydrogens (tertiary/aromatic N) is 1. The van der Waals surface area contributed by atoms with Crippen LogP contribution < -0.4 is 5.32 Å². The average Bonchev–Trinajstić information content (AvgIpc) is 2.45. The normalized spacial score (nSPS) is 12.1. The van der Waals surface area contributed by atoms with Crippen LogP contribution in [-0.4, -0.2) is 4.92 Å². The number of nitro groups is 1. The summed E-state index contributed by atoms with van der Waals surface area (Å²) >= 11 is 12.0. The summed E-state index contributed by atoms with van der Waals surface area (Å²) in [4.78, 5) is 10.6. The Balaban J connectivity index is 2.11. The third-order valence-corrected chi connectivity index (χ3v) is 3.78. The van der Waals surface area contributed by atoms with E-state index in [2.05, 4.69) is 5.32 Å². The van der Waals surface area contributed by atoms with Crippen molar-refractivity contribution in [2.75, 3.05) is 0 Å². The monoisotopic (exact) mass is 324 g/mol. The van der Waals surface area contributed by atoms with Gasteiger partial charge in [0.15, 0.2) is 0 Å². The highest BCUT2D eigenvalue weighted by molar-refractivity contribution is 6.35. The summed E-state index contributed by atoms with van der Waals surface area (Å²) in [5.41, 5.74) is 1.65. The molecule has 0 bridgehead atoms. The Morgan fingerprint density at radius 2 is 1.95 bits per heavy atom. The maximum atomic E-state index is 11.0. The molecular weight excluding hydrogens is 311 g/mol. The second-order valence-corrected chi connectivity index (χ2v) is 5.50. The molecule has 2 aromatic carbocycles. The van der Waals surface area contributed by atoms with Crippen LogP contribution in [0.1, 0.15) is 24.1 Å². The second-order valence-electron chi connectivity index (χ2n) is 4.65. The van der Waals surface area contributed by atoms with E-state index in [1.54, 1.807) is 30.3 Å². The first-order chi connectivity index (χ1) is 9.99. The maximum absolute atomic E-state index is 11.0. The molecule has 2 aromatic rings. The molecule has 6 heteroatoms. The number of para-hydroxylation sites is 1. The van der Waals surface area contributed by atoms with Crippen LogP contribution >= 0.6 is 23.2 Å². The van der Waals surface area contributed by atoms with Crippen molar-refractivity contribution >= 4 is 28.9 Å². The summed E-state index contributed by atoms with van der Waals surface area (Å²) in [6, 6.07) is 11.9. The molecule has 0 fully saturated rings. The summed E-state index contributed by atoms with van der Waals surface area (Å²) in [5.74, 6) is 0.